The lowest BCUT2D eigenvalue weighted by Crippen LogP contribution is -2.45. The number of hydrogen-bond donors (Lipinski definition) is 8. The van der Waals surface area contributed by atoms with Crippen LogP contribution in [0.5, 0.6) is 11.5 Å². The Morgan fingerprint density at radius 3 is 2.35 bits per heavy atom. The van der Waals surface area contributed by atoms with Crippen molar-refractivity contribution in [2.45, 2.75) is 114 Å². The molecule has 6 aliphatic heterocycles. The molecule has 2 aromatic heterocycles. The van der Waals surface area contributed by atoms with E-state index in [0.717, 1.165) is 105 Å². The number of aryl methyl sites for hydroxylation is 2. The molecule has 9 N–H and O–H groups in total. The third kappa shape index (κ3) is 21.2. The Balaban J connectivity index is 0.535. The Bertz CT molecular complexity index is 4420. The first-order valence-electron chi connectivity index (χ1n) is 34.4. The van der Waals surface area contributed by atoms with E-state index in [2.05, 4.69) is 68.0 Å². The van der Waals surface area contributed by atoms with Gasteiger partial charge in [-0.25, -0.2) is 38.1 Å². The number of hydrogen-bond acceptors (Lipinski definition) is 25. The second kappa shape index (κ2) is 36.8. The van der Waals surface area contributed by atoms with E-state index in [1.54, 1.807) is 46.0 Å². The molecule has 0 aliphatic carbocycles. The number of nitrogens with zero attached hydrogens (tertiary/aromatic N) is 5. The number of anilines is 2. The lowest BCUT2D eigenvalue weighted by Gasteiger charge is -2.39. The van der Waals surface area contributed by atoms with Gasteiger partial charge < -0.3 is 83.9 Å². The summed E-state index contributed by atoms with van der Waals surface area (Å²) < 4.78 is 99.2. The van der Waals surface area contributed by atoms with Gasteiger partial charge in [-0.15, -0.1) is 0 Å². The summed E-state index contributed by atoms with van der Waals surface area (Å²) in [4.78, 5) is 90.7. The monoisotopic (exact) mass is 1590 g/mol. The molecule has 8 heterocycles. The Kier molecular flexibility index (Phi) is 28.0. The molecule has 6 atom stereocenters. The number of unbranched alkanes of at least 4 members (excludes halogenated alkanes) is 1. The van der Waals surface area contributed by atoms with Crippen LogP contribution in [0.15, 0.2) is 42.9 Å². The number of nitrogens with two attached hydrogens (primary N) is 1. The summed E-state index contributed by atoms with van der Waals surface area (Å²) in [5.41, 5.74) is 15.8. The number of carbonyl (C=O) groups excluding carboxylic acids is 3. The number of ether oxygens (including phenoxy) is 8. The number of alkyl carbamates (subject to hydrolysis) is 2. The van der Waals surface area contributed by atoms with Crippen molar-refractivity contribution < 1.29 is 104 Å². The number of aromatic nitrogens is 3. The summed E-state index contributed by atoms with van der Waals surface area (Å²) >= 11 is 5.26. The molecule has 105 heavy (non-hydrogen) atoms. The van der Waals surface area contributed by atoms with Crippen LogP contribution in [0.1, 0.15) is 131 Å². The van der Waals surface area contributed by atoms with Crippen LogP contribution < -0.4 is 46.5 Å². The molecular weight excluding hydrogens is 1500 g/mol. The quantitative estimate of drug-likeness (QED) is 0.00492. The summed E-state index contributed by atoms with van der Waals surface area (Å²) in [6.07, 6.45) is 10.4. The summed E-state index contributed by atoms with van der Waals surface area (Å²) in [6, 6.07) is 9.31. The zero-order valence-corrected chi connectivity index (χ0v) is 64.2. The van der Waals surface area contributed by atoms with E-state index in [0.29, 0.717) is 59.5 Å². The first-order chi connectivity index (χ1) is 50.4. The number of carboxylic acid groups (broad SMARTS) is 1. The maximum absolute atomic E-state index is 13.9. The van der Waals surface area contributed by atoms with Crippen molar-refractivity contribution in [2.24, 2.45) is 0 Å². The molecule has 0 radical (unpaired) electrons. The largest absolute Gasteiger partial charge is 0.719 e. The molecule has 0 spiro atoms. The zero-order valence-electron chi connectivity index (χ0n) is 58.2. The van der Waals surface area contributed by atoms with Crippen molar-refractivity contribution in [1.82, 2.24) is 35.1 Å². The smallest absolute Gasteiger partial charge is 0.478 e. The van der Waals surface area contributed by atoms with Crippen molar-refractivity contribution in [1.29, 1.82) is 0 Å². The van der Waals surface area contributed by atoms with E-state index in [4.69, 9.17) is 69.1 Å². The van der Waals surface area contributed by atoms with E-state index in [-0.39, 0.29) is 93.7 Å². The zero-order chi connectivity index (χ0) is 74.4. The van der Waals surface area contributed by atoms with Crippen LogP contribution in [0.3, 0.4) is 0 Å². The molecule has 568 valence electrons. The van der Waals surface area contributed by atoms with Gasteiger partial charge in [-0.1, -0.05) is 42.9 Å². The minimum atomic E-state index is -5.32. The van der Waals surface area contributed by atoms with Crippen molar-refractivity contribution in [2.75, 3.05) is 127 Å². The summed E-state index contributed by atoms with van der Waals surface area (Å²) in [5, 5.41) is 21.5. The van der Waals surface area contributed by atoms with Gasteiger partial charge in [0.25, 0.3) is 5.91 Å². The minimum Gasteiger partial charge on any atom is -0.478 e. The van der Waals surface area contributed by atoms with Crippen LogP contribution in [0.2, 0.25) is 0 Å². The molecule has 5 aromatic rings. The molecule has 38 heteroatoms. The molecule has 31 nitrogen and oxygen atoms in total. The van der Waals surface area contributed by atoms with Crippen LogP contribution in [0.4, 0.5) is 21.1 Å². The average Bonchev–Trinajstić information content (AvgIpc) is 1.42. The third-order valence-corrected chi connectivity index (χ3v) is 25.0. The molecule has 3 unspecified atom stereocenters. The number of nitrogen functional groups attached to an aromatic ring is 1. The molecule has 0 bridgehead atoms. The van der Waals surface area contributed by atoms with Crippen molar-refractivity contribution in [3.05, 3.63) is 104 Å². The predicted molar refractivity (Wildman–Crippen MR) is 396 cm³/mol. The molecular formula is C67H86N9O22P3S4+2. The lowest BCUT2D eigenvalue weighted by atomic mass is 9.81. The Morgan fingerprint density at radius 2 is 1.58 bits per heavy atom. The number of phosphoric ester groups is 1. The topological polar surface area (TPSA) is 401 Å². The van der Waals surface area contributed by atoms with Gasteiger partial charge in [-0.05, 0) is 139 Å². The second-order valence-electron chi connectivity index (χ2n) is 26.0. The molecule has 11 rings (SSSR count). The number of aromatic carboxylic acids is 1. The van der Waals surface area contributed by atoms with Crippen LogP contribution in [-0.2, 0) is 106 Å². The van der Waals surface area contributed by atoms with Gasteiger partial charge in [-0.3, -0.25) is 14.2 Å². The van der Waals surface area contributed by atoms with Gasteiger partial charge in [0.1, 0.15) is 60.7 Å². The van der Waals surface area contributed by atoms with Crippen molar-refractivity contribution >= 4 is 118 Å². The Labute approximate surface area is 621 Å². The summed E-state index contributed by atoms with van der Waals surface area (Å²) in [5.74, 6) is 6.67. The highest BCUT2D eigenvalue weighted by Crippen LogP contribution is 2.58. The van der Waals surface area contributed by atoms with E-state index in [9.17, 15) is 42.9 Å². The number of amides is 3. The number of phosphoric acid groups is 2. The van der Waals surface area contributed by atoms with Gasteiger partial charge in [0.05, 0.1) is 86.9 Å². The third-order valence-electron chi connectivity index (χ3n) is 18.0. The van der Waals surface area contributed by atoms with Gasteiger partial charge in [0.2, 0.25) is 5.36 Å². The minimum absolute atomic E-state index is 0.0913. The number of carbonyl (C=O) groups is 4. The molecule has 3 amide bonds. The number of nitrogens with one attached hydrogen (secondary N) is 3. The van der Waals surface area contributed by atoms with Crippen LogP contribution >= 0.6 is 45.5 Å². The first-order valence-corrected chi connectivity index (χ1v) is 43.6. The molecule has 0 saturated carbocycles. The standard InChI is InChI=1S/C67H84N9O22P3S4/c1-67(2,104-103-40-90-26-4-5-27-91-65(80)70-19-6-11-45-37-76(62-55(45)61(68)72-39-73-62)54-36-52(93-41-105(3)102)53(95-54)38-94-101(86,87)98-99(82)97-100(83,84)85)18-28-92-66(81)71-21-30-89-32-31-88-29-20-69-63(77)44-16-17-46(64(78)79)49(35-44)56-50-33-42-12-7-22-74-24-9-14-47(57(42)74)59(50)96-60-48-15-10-25-75-23-8-13-43(58(48)75)34-51(56)60/h16-17,33-35,37,39,52-54H,4-5,7-10,12-15,18-32,36,38,40-41H2,1-3H3,(H7-2,68,69,70,71,72,73,77,78,79,80,81,83,84,85,86,87)/p+2/t52-,53+,54+,105?/m0/s1. The lowest BCUT2D eigenvalue weighted by molar-refractivity contribution is -0.0519. The fourth-order valence-corrected chi connectivity index (χ4v) is 18.6. The summed E-state index contributed by atoms with van der Waals surface area (Å²) in [7, 11) is -11.7. The van der Waals surface area contributed by atoms with Gasteiger partial charge in [0.15, 0.2) is 0 Å². The fraction of sp³-hybridized carbons (Fsp3) is 0.537. The number of benzene rings is 3. The van der Waals surface area contributed by atoms with Gasteiger partial charge >= 0.3 is 42.1 Å². The second-order valence-corrected chi connectivity index (χ2v) is 36.0. The summed E-state index contributed by atoms with van der Waals surface area (Å²) in [6.45, 7) is 9.57. The van der Waals surface area contributed by atoms with Gasteiger partial charge in [-0.2, -0.15) is 0 Å². The fourth-order valence-electron chi connectivity index (χ4n) is 13.5. The molecule has 1 saturated heterocycles. The van der Waals surface area contributed by atoms with Crippen LogP contribution in [-0.4, -0.2) is 192 Å². The Hall–Kier alpha value is -6.22. The van der Waals surface area contributed by atoms with E-state index in [1.165, 1.54) is 50.4 Å². The van der Waals surface area contributed by atoms with E-state index in [1.807, 2.05) is 13.8 Å². The van der Waals surface area contributed by atoms with Crippen molar-refractivity contribution in [3.63, 3.8) is 0 Å². The van der Waals surface area contributed by atoms with E-state index < -0.39 is 76.6 Å². The number of carboxylic acids is 1. The van der Waals surface area contributed by atoms with Crippen LogP contribution in [0, 0.1) is 11.8 Å². The number of rotatable bonds is 36. The van der Waals surface area contributed by atoms with Crippen molar-refractivity contribution in [3.8, 4) is 23.3 Å². The highest BCUT2D eigenvalue weighted by atomic mass is 33.1. The molecule has 1 fully saturated rings. The normalized spacial score (nSPS) is 18.3. The Morgan fingerprint density at radius 1 is 0.857 bits per heavy atom. The van der Waals surface area contributed by atoms with Gasteiger partial charge in [0, 0.05) is 106 Å². The predicted octanol–water partition coefficient (Wildman–Crippen LogP) is 6.96. The first kappa shape index (κ1) is 79.8. The SMILES string of the molecule is CS(=S)CO[C@H]1C[C@H](n2cc(C#CCNC(=O)OCCCCOCSSC(C)(C)CCOC(=O)NCCOCCOCCNC(=O)c3ccc(C(=O)O)c(C4=c5cc6c7c(c5Oc5c4cc4c8c5CCCN8CCC4)CCC[N+]=7CCC6)c3)c3c(N)ncnc32)O[C@@H]1COP(=O)(O)O[P+](=O)OP(=O)(O)O. The molecule has 3 aromatic carbocycles. The maximum atomic E-state index is 13.9. The van der Waals surface area contributed by atoms with Crippen LogP contribution in [0.25, 0.3) is 16.6 Å². The van der Waals surface area contributed by atoms with E-state index >= 15 is 0 Å². The maximum Gasteiger partial charge on any atom is 0.719 e. The highest BCUT2D eigenvalue weighted by molar-refractivity contribution is 8.77. The average molecular weight is 1590 g/mol. The molecule has 6 aliphatic rings. The number of fused-ring (bicyclic) bond motifs is 5. The highest BCUT2D eigenvalue weighted by Gasteiger charge is 2.46.